The zero-order valence-electron chi connectivity index (χ0n) is 16.2. The van der Waals surface area contributed by atoms with E-state index in [0.717, 1.165) is 27.9 Å². The fraction of sp³-hybridized carbons (Fsp3) is 0.182. The van der Waals surface area contributed by atoms with Gasteiger partial charge in [-0.25, -0.2) is 0 Å². The first-order valence-corrected chi connectivity index (χ1v) is 9.24. The van der Waals surface area contributed by atoms with Gasteiger partial charge < -0.3 is 10.6 Å². The molecule has 7 nitrogen and oxygen atoms in total. The largest absolute Gasteiger partial charge is 0.323 e. The molecule has 0 aliphatic rings. The van der Waals surface area contributed by atoms with E-state index in [4.69, 9.17) is 5.26 Å². The van der Waals surface area contributed by atoms with Gasteiger partial charge in [0.05, 0.1) is 12.3 Å². The smallest absolute Gasteiger partial charge is 0.248 e. The van der Waals surface area contributed by atoms with Gasteiger partial charge in [-0.2, -0.15) is 10.4 Å². The van der Waals surface area contributed by atoms with Gasteiger partial charge in [0.15, 0.2) is 0 Å². The summed E-state index contributed by atoms with van der Waals surface area (Å²) in [7, 11) is 1.86. The first kappa shape index (κ1) is 20.0. The minimum Gasteiger partial charge on any atom is -0.323 e. The molecule has 0 saturated carbocycles. The molecular weight excluding hydrogens is 364 g/mol. The molecule has 0 aliphatic heterocycles. The van der Waals surface area contributed by atoms with Gasteiger partial charge in [-0.3, -0.25) is 14.5 Å². The van der Waals surface area contributed by atoms with Crippen LogP contribution in [0.4, 0.5) is 5.69 Å². The van der Waals surface area contributed by atoms with Crippen LogP contribution in [0.25, 0.3) is 17.2 Å². The van der Waals surface area contributed by atoms with Crippen LogP contribution < -0.4 is 10.6 Å². The average molecular weight is 386 g/mol. The Labute approximate surface area is 169 Å². The zero-order chi connectivity index (χ0) is 20.5. The van der Waals surface area contributed by atoms with Gasteiger partial charge in [-0.1, -0.05) is 12.1 Å². The fourth-order valence-corrected chi connectivity index (χ4v) is 2.80. The van der Waals surface area contributed by atoms with Crippen molar-refractivity contribution in [3.05, 3.63) is 72.3 Å². The molecular formula is C22H22N6O. The van der Waals surface area contributed by atoms with Crippen LogP contribution in [-0.2, 0) is 18.4 Å². The van der Waals surface area contributed by atoms with Gasteiger partial charge >= 0.3 is 0 Å². The number of carbonyl (C=O) groups is 1. The van der Waals surface area contributed by atoms with E-state index in [1.165, 1.54) is 6.08 Å². The number of nitriles is 1. The van der Waals surface area contributed by atoms with Crippen molar-refractivity contribution < 1.29 is 4.79 Å². The number of aromatic nitrogens is 3. The summed E-state index contributed by atoms with van der Waals surface area (Å²) < 4.78 is 1.73. The van der Waals surface area contributed by atoms with E-state index in [9.17, 15) is 4.79 Å². The third-order valence-electron chi connectivity index (χ3n) is 4.25. The number of hydrogen-bond donors (Lipinski definition) is 2. The number of anilines is 1. The molecule has 2 heterocycles. The second-order valence-corrected chi connectivity index (χ2v) is 6.47. The van der Waals surface area contributed by atoms with Crippen molar-refractivity contribution in [1.82, 2.24) is 20.1 Å². The van der Waals surface area contributed by atoms with Gasteiger partial charge in [0.2, 0.25) is 5.91 Å². The van der Waals surface area contributed by atoms with E-state index >= 15 is 0 Å². The Morgan fingerprint density at radius 3 is 2.79 bits per heavy atom. The summed E-state index contributed by atoms with van der Waals surface area (Å²) in [6.45, 7) is 1.35. The fourth-order valence-electron chi connectivity index (χ4n) is 2.80. The van der Waals surface area contributed by atoms with E-state index in [2.05, 4.69) is 26.8 Å². The normalized spacial score (nSPS) is 10.8. The Morgan fingerprint density at radius 2 is 2.07 bits per heavy atom. The maximum atomic E-state index is 12.3. The molecule has 1 aromatic carbocycles. The van der Waals surface area contributed by atoms with Crippen LogP contribution in [0.3, 0.4) is 0 Å². The van der Waals surface area contributed by atoms with Crippen molar-refractivity contribution in [3.63, 3.8) is 0 Å². The molecule has 0 bridgehead atoms. The predicted molar refractivity (Wildman–Crippen MR) is 112 cm³/mol. The lowest BCUT2D eigenvalue weighted by atomic mass is 10.0. The number of rotatable bonds is 8. The highest BCUT2D eigenvalue weighted by Crippen LogP contribution is 2.23. The third-order valence-corrected chi connectivity index (χ3v) is 4.25. The number of pyridine rings is 1. The molecule has 2 N–H and O–H groups in total. The first-order valence-electron chi connectivity index (χ1n) is 9.24. The number of benzene rings is 1. The molecule has 7 heteroatoms. The standard InChI is InChI=1S/C22H22N6O/c1-28-16-19(15-26-28)21-9-12-25-14-18(21)5-8-22(29)27-20-6-3-17(4-7-20)13-24-11-2-10-23/h3-9,12,14-16,24H,2,11,13H2,1H3,(H,27,29). The lowest BCUT2D eigenvalue weighted by Gasteiger charge is -2.06. The molecule has 1 amide bonds. The second-order valence-electron chi connectivity index (χ2n) is 6.47. The monoisotopic (exact) mass is 386 g/mol. The van der Waals surface area contributed by atoms with E-state index in [1.54, 1.807) is 29.3 Å². The molecule has 0 aliphatic carbocycles. The minimum absolute atomic E-state index is 0.217. The lowest BCUT2D eigenvalue weighted by molar-refractivity contribution is -0.111. The number of carbonyl (C=O) groups excluding carboxylic acids is 1. The Morgan fingerprint density at radius 1 is 1.24 bits per heavy atom. The molecule has 0 saturated heterocycles. The van der Waals surface area contributed by atoms with E-state index in [-0.39, 0.29) is 5.91 Å². The highest BCUT2D eigenvalue weighted by molar-refractivity contribution is 6.02. The minimum atomic E-state index is -0.217. The average Bonchev–Trinajstić information content (AvgIpc) is 3.17. The van der Waals surface area contributed by atoms with Crippen LogP contribution >= 0.6 is 0 Å². The summed E-state index contributed by atoms with van der Waals surface area (Å²) >= 11 is 0. The Balaban J connectivity index is 1.60. The first-order chi connectivity index (χ1) is 14.2. The van der Waals surface area contributed by atoms with E-state index < -0.39 is 0 Å². The summed E-state index contributed by atoms with van der Waals surface area (Å²) in [6.07, 6.45) is 10.9. The SMILES string of the molecule is Cn1cc(-c2ccncc2C=CC(=O)Nc2ccc(CNCCC#N)cc2)cn1. The van der Waals surface area contributed by atoms with Crippen molar-refractivity contribution in [1.29, 1.82) is 5.26 Å². The van der Waals surface area contributed by atoms with Crippen molar-refractivity contribution >= 4 is 17.7 Å². The van der Waals surface area contributed by atoms with Crippen molar-refractivity contribution in [3.8, 4) is 17.2 Å². The van der Waals surface area contributed by atoms with Gasteiger partial charge in [-0.05, 0) is 35.4 Å². The molecule has 0 radical (unpaired) electrons. The summed E-state index contributed by atoms with van der Waals surface area (Å²) in [5, 5.41) is 18.8. The zero-order valence-corrected chi connectivity index (χ0v) is 16.2. The van der Waals surface area contributed by atoms with Crippen LogP contribution in [-0.4, -0.2) is 27.2 Å². The molecule has 3 rings (SSSR count). The highest BCUT2D eigenvalue weighted by Gasteiger charge is 2.06. The maximum Gasteiger partial charge on any atom is 0.248 e. The number of hydrogen-bond acceptors (Lipinski definition) is 5. The maximum absolute atomic E-state index is 12.3. The summed E-state index contributed by atoms with van der Waals surface area (Å²) in [4.78, 5) is 16.4. The molecule has 0 atom stereocenters. The van der Waals surface area contributed by atoms with E-state index in [0.29, 0.717) is 19.5 Å². The number of nitrogens with zero attached hydrogens (tertiary/aromatic N) is 4. The van der Waals surface area contributed by atoms with Crippen LogP contribution in [0.2, 0.25) is 0 Å². The van der Waals surface area contributed by atoms with Gasteiger partial charge in [-0.15, -0.1) is 0 Å². The predicted octanol–water partition coefficient (Wildman–Crippen LogP) is 3.14. The Kier molecular flexibility index (Phi) is 6.87. The van der Waals surface area contributed by atoms with Crippen molar-refractivity contribution in [2.24, 2.45) is 7.05 Å². The van der Waals surface area contributed by atoms with Gasteiger partial charge in [0, 0.05) is 68.0 Å². The van der Waals surface area contributed by atoms with Gasteiger partial charge in [0.25, 0.3) is 0 Å². The van der Waals surface area contributed by atoms with Crippen molar-refractivity contribution in [2.45, 2.75) is 13.0 Å². The number of nitrogens with one attached hydrogen (secondary N) is 2. The van der Waals surface area contributed by atoms with E-state index in [1.807, 2.05) is 43.6 Å². The van der Waals surface area contributed by atoms with Crippen molar-refractivity contribution in [2.75, 3.05) is 11.9 Å². The van der Waals surface area contributed by atoms with Crippen LogP contribution in [0.1, 0.15) is 17.5 Å². The van der Waals surface area contributed by atoms with Crippen LogP contribution in [0.15, 0.2) is 61.2 Å². The summed E-state index contributed by atoms with van der Waals surface area (Å²) in [5.74, 6) is -0.217. The topological polar surface area (TPSA) is 95.6 Å². The molecule has 146 valence electrons. The Hall–Kier alpha value is -3.76. The van der Waals surface area contributed by atoms with Crippen LogP contribution in [0.5, 0.6) is 0 Å². The lowest BCUT2D eigenvalue weighted by Crippen LogP contribution is -2.14. The molecule has 29 heavy (non-hydrogen) atoms. The third kappa shape index (κ3) is 5.86. The molecule has 0 spiro atoms. The molecule has 0 fully saturated rings. The number of amides is 1. The van der Waals surface area contributed by atoms with Gasteiger partial charge in [0.1, 0.15) is 0 Å². The highest BCUT2D eigenvalue weighted by atomic mass is 16.1. The summed E-state index contributed by atoms with van der Waals surface area (Å²) in [6, 6.07) is 11.6. The quantitative estimate of drug-likeness (QED) is 0.458. The molecule has 0 unspecified atom stereocenters. The second kappa shape index (κ2) is 9.97. The Bertz CT molecular complexity index is 1030. The molecule has 3 aromatic rings. The summed E-state index contributed by atoms with van der Waals surface area (Å²) in [5.41, 5.74) is 4.58. The van der Waals surface area contributed by atoms with Crippen LogP contribution in [0, 0.1) is 11.3 Å². The molecule has 2 aromatic heterocycles. The number of aryl methyl sites for hydroxylation is 1.